The number of nitrogens with zero attached hydrogens (tertiary/aromatic N) is 5. The third-order valence-electron chi connectivity index (χ3n) is 6.56. The quantitative estimate of drug-likeness (QED) is 0.523. The highest BCUT2D eigenvalue weighted by molar-refractivity contribution is 5.85. The summed E-state index contributed by atoms with van der Waals surface area (Å²) in [6.45, 7) is 10.7. The van der Waals surface area contributed by atoms with E-state index in [0.29, 0.717) is 28.7 Å². The van der Waals surface area contributed by atoms with Crippen LogP contribution in [0.3, 0.4) is 0 Å². The predicted octanol–water partition coefficient (Wildman–Crippen LogP) is 3.38. The molecular formula is C27H32N6O4. The number of fused-ring (bicyclic) bond motifs is 2. The highest BCUT2D eigenvalue weighted by Gasteiger charge is 2.57. The number of nitriles is 1. The summed E-state index contributed by atoms with van der Waals surface area (Å²) in [5.41, 5.74) is 1.23. The summed E-state index contributed by atoms with van der Waals surface area (Å²) in [7, 11) is 0. The number of carbonyl (C=O) groups excluding carboxylic acids is 1. The first-order valence-corrected chi connectivity index (χ1v) is 12.4. The molecule has 2 N–H and O–H groups in total. The molecule has 194 valence electrons. The van der Waals surface area contributed by atoms with E-state index < -0.39 is 11.2 Å². The van der Waals surface area contributed by atoms with Crippen LogP contribution >= 0.6 is 0 Å². The van der Waals surface area contributed by atoms with Crippen LogP contribution < -0.4 is 15.0 Å². The summed E-state index contributed by atoms with van der Waals surface area (Å²) in [5, 5.41) is 26.9. The Labute approximate surface area is 215 Å². The van der Waals surface area contributed by atoms with Gasteiger partial charge in [0.05, 0.1) is 29.1 Å². The Morgan fingerprint density at radius 3 is 2.54 bits per heavy atom. The third kappa shape index (κ3) is 5.32. The fraction of sp³-hybridized carbons (Fsp3) is 0.481. The number of carbonyl (C=O) groups is 1. The number of piperidine rings is 1. The first-order valence-electron chi connectivity index (χ1n) is 12.4. The zero-order valence-corrected chi connectivity index (χ0v) is 21.7. The average molecular weight is 505 g/mol. The van der Waals surface area contributed by atoms with Gasteiger partial charge in [0.15, 0.2) is 0 Å². The van der Waals surface area contributed by atoms with Gasteiger partial charge in [-0.15, -0.1) is 0 Å². The van der Waals surface area contributed by atoms with E-state index in [1.807, 2.05) is 39.0 Å². The molecule has 0 aromatic carbocycles. The van der Waals surface area contributed by atoms with Gasteiger partial charge in [-0.3, -0.25) is 0 Å². The Kier molecular flexibility index (Phi) is 5.99. The number of anilines is 1. The number of ether oxygens (including phenoxy) is 2. The minimum absolute atomic E-state index is 0.114. The van der Waals surface area contributed by atoms with Gasteiger partial charge in [0, 0.05) is 48.3 Å². The fourth-order valence-electron chi connectivity index (χ4n) is 4.84. The zero-order chi connectivity index (χ0) is 26.5. The number of pyridine rings is 2. The molecule has 1 saturated heterocycles. The first-order chi connectivity index (χ1) is 17.4. The van der Waals surface area contributed by atoms with E-state index in [4.69, 9.17) is 14.5 Å². The molecule has 1 saturated carbocycles. The molecule has 1 aliphatic heterocycles. The molecule has 2 fully saturated rings. The van der Waals surface area contributed by atoms with Gasteiger partial charge in [-0.25, -0.2) is 14.3 Å². The number of alkyl carbamates (subject to hydrolysis) is 1. The zero-order valence-electron chi connectivity index (χ0n) is 21.7. The van der Waals surface area contributed by atoms with Gasteiger partial charge in [-0.05, 0) is 52.8 Å². The van der Waals surface area contributed by atoms with Gasteiger partial charge in [-0.2, -0.15) is 10.4 Å². The van der Waals surface area contributed by atoms with Crippen LogP contribution in [0.2, 0.25) is 0 Å². The maximum absolute atomic E-state index is 12.1. The summed E-state index contributed by atoms with van der Waals surface area (Å²) in [6.07, 6.45) is 4.65. The van der Waals surface area contributed by atoms with Crippen LogP contribution in [0.25, 0.3) is 16.6 Å². The molecule has 10 nitrogen and oxygen atoms in total. The van der Waals surface area contributed by atoms with E-state index in [0.717, 1.165) is 30.0 Å². The van der Waals surface area contributed by atoms with Crippen LogP contribution in [-0.2, 0) is 4.74 Å². The Bertz CT molecular complexity index is 1350. The van der Waals surface area contributed by atoms with Crippen molar-refractivity contribution in [3.05, 3.63) is 42.4 Å². The van der Waals surface area contributed by atoms with Crippen LogP contribution in [0, 0.1) is 23.2 Å². The first kappa shape index (κ1) is 24.8. The molecular weight excluding hydrogens is 472 g/mol. The molecule has 1 unspecified atom stereocenters. The number of hydrogen-bond acceptors (Lipinski definition) is 8. The van der Waals surface area contributed by atoms with Crippen LogP contribution in [0.1, 0.15) is 40.2 Å². The lowest BCUT2D eigenvalue weighted by Crippen LogP contribution is -2.38. The van der Waals surface area contributed by atoms with E-state index in [-0.39, 0.29) is 18.7 Å². The van der Waals surface area contributed by atoms with Crippen LogP contribution in [-0.4, -0.2) is 62.7 Å². The van der Waals surface area contributed by atoms with E-state index in [1.54, 1.807) is 30.8 Å². The van der Waals surface area contributed by atoms with E-state index >= 15 is 0 Å². The summed E-state index contributed by atoms with van der Waals surface area (Å²) in [5.74, 6) is 2.18. The maximum Gasteiger partial charge on any atom is 0.407 e. The molecule has 3 atom stereocenters. The Morgan fingerprint density at radius 2 is 1.95 bits per heavy atom. The topological polar surface area (TPSA) is 125 Å². The molecule has 5 rings (SSSR count). The van der Waals surface area contributed by atoms with E-state index in [1.165, 1.54) is 6.20 Å². The van der Waals surface area contributed by atoms with Crippen molar-refractivity contribution in [2.45, 2.75) is 51.9 Å². The van der Waals surface area contributed by atoms with Crippen molar-refractivity contribution in [2.24, 2.45) is 11.8 Å². The molecule has 4 heterocycles. The summed E-state index contributed by atoms with van der Waals surface area (Å²) >= 11 is 0. The molecule has 3 aromatic rings. The summed E-state index contributed by atoms with van der Waals surface area (Å²) < 4.78 is 12.8. The predicted molar refractivity (Wildman–Crippen MR) is 137 cm³/mol. The number of hydrogen-bond donors (Lipinski definition) is 2. The van der Waals surface area contributed by atoms with Gasteiger partial charge in [0.2, 0.25) is 0 Å². The maximum atomic E-state index is 12.1. The number of amides is 1. The molecule has 10 heteroatoms. The molecule has 0 spiro atoms. The van der Waals surface area contributed by atoms with Crippen LogP contribution in [0.15, 0.2) is 36.8 Å². The Hall–Kier alpha value is -3.84. The molecule has 1 amide bonds. The van der Waals surface area contributed by atoms with Gasteiger partial charge < -0.3 is 24.8 Å². The van der Waals surface area contributed by atoms with Crippen molar-refractivity contribution in [3.8, 4) is 22.9 Å². The van der Waals surface area contributed by atoms with Crippen molar-refractivity contribution >= 4 is 17.4 Å². The Morgan fingerprint density at radius 1 is 1.22 bits per heavy atom. The Balaban J connectivity index is 1.30. The lowest BCUT2D eigenvalue weighted by molar-refractivity contribution is 0.0283. The van der Waals surface area contributed by atoms with Crippen LogP contribution in [0.5, 0.6) is 5.75 Å². The second-order valence-corrected chi connectivity index (χ2v) is 11.5. The minimum atomic E-state index is -0.988. The molecule has 2 aliphatic rings. The van der Waals surface area contributed by atoms with E-state index in [9.17, 15) is 15.2 Å². The van der Waals surface area contributed by atoms with Crippen molar-refractivity contribution in [1.29, 1.82) is 5.26 Å². The largest absolute Gasteiger partial charge is 0.489 e. The highest BCUT2D eigenvalue weighted by atomic mass is 16.6. The standard InChI is InChI=1S/C27H32N6O4/c1-26(2,3)37-25(34)31-23-20-13-32(14-21(20)23)22-7-6-16(10-29-22)19-8-18(36-15-27(4,5)35)12-33-24(19)17(9-28)11-30-33/h6-8,10-12,20-21,23,35H,13-15H2,1-5H3,(H,31,34)/t20-,21+,23?. The molecule has 0 bridgehead atoms. The highest BCUT2D eigenvalue weighted by Crippen LogP contribution is 2.46. The molecule has 37 heavy (non-hydrogen) atoms. The number of nitrogens with one attached hydrogen (secondary N) is 1. The number of aromatic nitrogens is 3. The average Bonchev–Trinajstić information content (AvgIpc) is 3.17. The molecule has 3 aromatic heterocycles. The van der Waals surface area contributed by atoms with Gasteiger partial charge in [0.25, 0.3) is 0 Å². The normalized spacial score (nSPS) is 20.9. The van der Waals surface area contributed by atoms with Crippen molar-refractivity contribution < 1.29 is 19.4 Å². The number of rotatable bonds is 6. The lowest BCUT2D eigenvalue weighted by Gasteiger charge is -2.23. The van der Waals surface area contributed by atoms with Crippen LogP contribution in [0.4, 0.5) is 10.6 Å². The molecule has 0 radical (unpaired) electrons. The molecule has 1 aliphatic carbocycles. The second-order valence-electron chi connectivity index (χ2n) is 11.5. The van der Waals surface area contributed by atoms with E-state index in [2.05, 4.69) is 21.4 Å². The monoisotopic (exact) mass is 504 g/mol. The second kappa shape index (κ2) is 8.92. The van der Waals surface area contributed by atoms with Gasteiger partial charge >= 0.3 is 6.09 Å². The number of aliphatic hydroxyl groups is 1. The van der Waals surface area contributed by atoms with Gasteiger partial charge in [-0.1, -0.05) is 0 Å². The summed E-state index contributed by atoms with van der Waals surface area (Å²) in [6, 6.07) is 8.15. The SMILES string of the molecule is CC(C)(O)COc1cc(-c2ccc(N3C[C@@H]4C(NC(=O)OC(C)(C)C)[C@@H]4C3)nc2)c2c(C#N)cnn2c1. The summed E-state index contributed by atoms with van der Waals surface area (Å²) in [4.78, 5) is 19.0. The van der Waals surface area contributed by atoms with Gasteiger partial charge in [0.1, 0.15) is 29.8 Å². The smallest absolute Gasteiger partial charge is 0.407 e. The van der Waals surface area contributed by atoms with Crippen molar-refractivity contribution in [3.63, 3.8) is 0 Å². The third-order valence-corrected chi connectivity index (χ3v) is 6.56. The van der Waals surface area contributed by atoms with Crippen molar-refractivity contribution in [2.75, 3.05) is 24.6 Å². The minimum Gasteiger partial charge on any atom is -0.489 e. The fourth-order valence-corrected chi connectivity index (χ4v) is 4.84. The lowest BCUT2D eigenvalue weighted by atomic mass is 10.1. The van der Waals surface area contributed by atoms with Crippen molar-refractivity contribution in [1.82, 2.24) is 19.9 Å².